The second-order valence-electron chi connectivity index (χ2n) is 2.31. The number of urea groups is 1. The number of carbonyl (C=O) groups is 1. The molecule has 1 aromatic carbocycles. The molecule has 0 spiro atoms. The van der Waals surface area contributed by atoms with Gasteiger partial charge in [-0.15, -0.1) is 0 Å². The summed E-state index contributed by atoms with van der Waals surface area (Å²) in [5, 5.41) is 2.46. The molecule has 0 atom stereocenters. The number of rotatable bonds is 2. The van der Waals surface area contributed by atoms with Gasteiger partial charge in [-0.1, -0.05) is 6.07 Å². The first kappa shape index (κ1) is 9.85. The predicted molar refractivity (Wildman–Crippen MR) is 53.9 cm³/mol. The van der Waals surface area contributed by atoms with Crippen LogP contribution in [0, 0.1) is 0 Å². The molecule has 0 radical (unpaired) electrons. The molecule has 2 amide bonds. The SMILES string of the molecule is COc1cccc(NC(N)=O)c1Br. The van der Waals surface area contributed by atoms with Crippen LogP contribution in [0.2, 0.25) is 0 Å². The zero-order valence-corrected chi connectivity index (χ0v) is 8.59. The Labute approximate surface area is 84.2 Å². The fraction of sp³-hybridized carbons (Fsp3) is 0.125. The van der Waals surface area contributed by atoms with Crippen molar-refractivity contribution in [1.82, 2.24) is 0 Å². The van der Waals surface area contributed by atoms with Crippen molar-refractivity contribution in [3.8, 4) is 5.75 Å². The van der Waals surface area contributed by atoms with E-state index in [1.165, 1.54) is 0 Å². The second-order valence-corrected chi connectivity index (χ2v) is 3.10. The number of carbonyl (C=O) groups excluding carboxylic acids is 1. The van der Waals surface area contributed by atoms with Crippen LogP contribution in [-0.2, 0) is 0 Å². The van der Waals surface area contributed by atoms with Crippen LogP contribution in [0.25, 0.3) is 0 Å². The van der Waals surface area contributed by atoms with E-state index in [2.05, 4.69) is 21.2 Å². The summed E-state index contributed by atoms with van der Waals surface area (Å²) >= 11 is 3.27. The van der Waals surface area contributed by atoms with Gasteiger partial charge < -0.3 is 15.8 Å². The van der Waals surface area contributed by atoms with Gasteiger partial charge in [0.05, 0.1) is 17.3 Å². The van der Waals surface area contributed by atoms with Crippen LogP contribution in [-0.4, -0.2) is 13.1 Å². The number of hydrogen-bond acceptors (Lipinski definition) is 2. The van der Waals surface area contributed by atoms with E-state index in [4.69, 9.17) is 10.5 Å². The number of nitrogens with two attached hydrogens (primary N) is 1. The number of amides is 2. The van der Waals surface area contributed by atoms with E-state index in [-0.39, 0.29) is 0 Å². The minimum Gasteiger partial charge on any atom is -0.495 e. The Bertz CT molecular complexity index is 328. The minimum absolute atomic E-state index is 0.590. The zero-order chi connectivity index (χ0) is 9.84. The number of ether oxygens (including phenoxy) is 1. The lowest BCUT2D eigenvalue weighted by molar-refractivity contribution is 0.259. The fourth-order valence-electron chi connectivity index (χ4n) is 0.898. The summed E-state index contributed by atoms with van der Waals surface area (Å²) in [5.74, 6) is 0.645. The monoisotopic (exact) mass is 244 g/mol. The van der Waals surface area contributed by atoms with Crippen LogP contribution >= 0.6 is 15.9 Å². The van der Waals surface area contributed by atoms with Crippen LogP contribution < -0.4 is 15.8 Å². The Morgan fingerprint density at radius 2 is 2.31 bits per heavy atom. The summed E-state index contributed by atoms with van der Waals surface area (Å²) in [4.78, 5) is 10.6. The third kappa shape index (κ3) is 2.35. The molecule has 0 saturated carbocycles. The molecule has 13 heavy (non-hydrogen) atoms. The number of nitrogens with one attached hydrogen (secondary N) is 1. The summed E-state index contributed by atoms with van der Waals surface area (Å²) in [6.07, 6.45) is 0. The molecule has 0 fully saturated rings. The maximum atomic E-state index is 10.6. The second kappa shape index (κ2) is 4.13. The summed E-state index contributed by atoms with van der Waals surface area (Å²) in [6.45, 7) is 0. The lowest BCUT2D eigenvalue weighted by Crippen LogP contribution is -2.19. The summed E-state index contributed by atoms with van der Waals surface area (Å²) in [7, 11) is 1.55. The van der Waals surface area contributed by atoms with E-state index in [9.17, 15) is 4.79 Å². The van der Waals surface area contributed by atoms with Gasteiger partial charge in [-0.25, -0.2) is 4.79 Å². The van der Waals surface area contributed by atoms with Crippen LogP contribution in [0.4, 0.5) is 10.5 Å². The molecule has 0 bridgehead atoms. The van der Waals surface area contributed by atoms with Crippen molar-refractivity contribution in [2.75, 3.05) is 12.4 Å². The van der Waals surface area contributed by atoms with E-state index in [0.717, 1.165) is 0 Å². The smallest absolute Gasteiger partial charge is 0.316 e. The van der Waals surface area contributed by atoms with E-state index < -0.39 is 6.03 Å². The molecule has 0 aliphatic carbocycles. The number of primary amides is 1. The molecule has 1 aromatic rings. The lowest BCUT2D eigenvalue weighted by Gasteiger charge is -2.08. The summed E-state index contributed by atoms with van der Waals surface area (Å²) in [5.41, 5.74) is 5.56. The number of anilines is 1. The Hall–Kier alpha value is -1.23. The van der Waals surface area contributed by atoms with Crippen molar-refractivity contribution in [1.29, 1.82) is 0 Å². The molecule has 0 heterocycles. The number of methoxy groups -OCH3 is 1. The number of hydrogen-bond donors (Lipinski definition) is 2. The van der Waals surface area contributed by atoms with E-state index >= 15 is 0 Å². The highest BCUT2D eigenvalue weighted by Crippen LogP contribution is 2.31. The Kier molecular flexibility index (Phi) is 3.13. The minimum atomic E-state index is -0.603. The molecule has 70 valence electrons. The summed E-state index contributed by atoms with van der Waals surface area (Å²) < 4.78 is 5.71. The van der Waals surface area contributed by atoms with Gasteiger partial charge in [0.15, 0.2) is 0 Å². The third-order valence-corrected chi connectivity index (χ3v) is 2.26. The van der Waals surface area contributed by atoms with Gasteiger partial charge in [-0.2, -0.15) is 0 Å². The van der Waals surface area contributed by atoms with Gasteiger partial charge in [0.25, 0.3) is 0 Å². The lowest BCUT2D eigenvalue weighted by atomic mass is 10.3. The van der Waals surface area contributed by atoms with Crippen LogP contribution in [0.1, 0.15) is 0 Å². The van der Waals surface area contributed by atoms with Gasteiger partial charge in [0.1, 0.15) is 5.75 Å². The molecule has 0 aliphatic rings. The van der Waals surface area contributed by atoms with Crippen molar-refractivity contribution < 1.29 is 9.53 Å². The molecule has 1 rings (SSSR count). The maximum Gasteiger partial charge on any atom is 0.316 e. The number of halogens is 1. The largest absolute Gasteiger partial charge is 0.495 e. The quantitative estimate of drug-likeness (QED) is 0.836. The van der Waals surface area contributed by atoms with Crippen LogP contribution in [0.15, 0.2) is 22.7 Å². The van der Waals surface area contributed by atoms with E-state index in [1.807, 2.05) is 0 Å². The molecular weight excluding hydrogens is 236 g/mol. The zero-order valence-electron chi connectivity index (χ0n) is 7.00. The first-order valence-corrected chi connectivity index (χ1v) is 4.33. The van der Waals surface area contributed by atoms with Crippen molar-refractivity contribution in [2.24, 2.45) is 5.73 Å². The molecule has 0 unspecified atom stereocenters. The third-order valence-electron chi connectivity index (χ3n) is 1.44. The predicted octanol–water partition coefficient (Wildman–Crippen LogP) is 1.95. The molecule has 3 N–H and O–H groups in total. The molecular formula is C8H9BrN2O2. The highest BCUT2D eigenvalue weighted by molar-refractivity contribution is 9.10. The van der Waals surface area contributed by atoms with E-state index in [0.29, 0.717) is 15.9 Å². The maximum absolute atomic E-state index is 10.6. The molecule has 4 nitrogen and oxygen atoms in total. The molecule has 5 heteroatoms. The topological polar surface area (TPSA) is 64.3 Å². The Balaban J connectivity index is 3.01. The van der Waals surface area contributed by atoms with Crippen LogP contribution in [0.3, 0.4) is 0 Å². The molecule has 0 saturated heterocycles. The highest BCUT2D eigenvalue weighted by atomic mass is 79.9. The van der Waals surface area contributed by atoms with Gasteiger partial charge in [-0.05, 0) is 28.1 Å². The standard InChI is InChI=1S/C8H9BrN2O2/c1-13-6-4-2-3-5(7(6)9)11-8(10)12/h2-4H,1H3,(H3,10,11,12). The van der Waals surface area contributed by atoms with E-state index in [1.54, 1.807) is 25.3 Å². The normalized spacial score (nSPS) is 9.38. The van der Waals surface area contributed by atoms with Crippen molar-refractivity contribution in [3.63, 3.8) is 0 Å². The van der Waals surface area contributed by atoms with Gasteiger partial charge in [-0.3, -0.25) is 0 Å². The highest BCUT2D eigenvalue weighted by Gasteiger charge is 2.06. The van der Waals surface area contributed by atoms with Gasteiger partial charge >= 0.3 is 6.03 Å². The van der Waals surface area contributed by atoms with Crippen LogP contribution in [0.5, 0.6) is 5.75 Å². The Morgan fingerprint density at radius 3 is 2.85 bits per heavy atom. The average molecular weight is 245 g/mol. The number of benzene rings is 1. The average Bonchev–Trinajstić information content (AvgIpc) is 2.08. The van der Waals surface area contributed by atoms with Crippen molar-refractivity contribution in [2.45, 2.75) is 0 Å². The van der Waals surface area contributed by atoms with Gasteiger partial charge in [0.2, 0.25) is 0 Å². The fourth-order valence-corrected chi connectivity index (χ4v) is 1.42. The van der Waals surface area contributed by atoms with Crippen molar-refractivity contribution in [3.05, 3.63) is 22.7 Å². The van der Waals surface area contributed by atoms with Gasteiger partial charge in [0, 0.05) is 0 Å². The Morgan fingerprint density at radius 1 is 1.62 bits per heavy atom. The first-order chi connectivity index (χ1) is 6.15. The molecule has 0 aliphatic heterocycles. The first-order valence-electron chi connectivity index (χ1n) is 3.54. The molecule has 0 aromatic heterocycles. The summed E-state index contributed by atoms with van der Waals surface area (Å²) in [6, 6.07) is 4.65. The van der Waals surface area contributed by atoms with Crippen molar-refractivity contribution >= 4 is 27.6 Å².